The average Bonchev–Trinajstić information content (AvgIpc) is 2.35. The number of hydrogen-bond donors (Lipinski definition) is 3. The highest BCUT2D eigenvalue weighted by Gasteiger charge is 2.25. The van der Waals surface area contributed by atoms with Crippen molar-refractivity contribution in [2.75, 3.05) is 12.8 Å². The summed E-state index contributed by atoms with van der Waals surface area (Å²) in [5.74, 6) is -0.355. The quantitative estimate of drug-likeness (QED) is 0.436. The second kappa shape index (κ2) is 9.04. The first-order valence-electron chi connectivity index (χ1n) is 5.94. The summed E-state index contributed by atoms with van der Waals surface area (Å²) in [4.78, 5) is 22.5. The lowest BCUT2D eigenvalue weighted by Gasteiger charge is -2.15. The minimum atomic E-state index is -1.46. The van der Waals surface area contributed by atoms with Crippen LogP contribution in [0.3, 0.4) is 0 Å². The first-order valence-corrected chi connectivity index (χ1v) is 7.32. The van der Waals surface area contributed by atoms with Gasteiger partial charge in [-0.05, 0) is 18.8 Å². The number of rotatable bonds is 8. The smallest absolute Gasteiger partial charge is 0.259 e. The van der Waals surface area contributed by atoms with Gasteiger partial charge in [0.15, 0.2) is 0 Å². The number of carbonyl (C=O) groups is 2. The standard InChI is InChI=1S/C11H22N2O4S/c1-8(2)4-5-9(11(15)13-16)18(17)7-6-10(14)12-3/h8-9,16H,4-7H2,1-3H3,(H,12,14)(H,13,15). The molecule has 0 aliphatic carbocycles. The van der Waals surface area contributed by atoms with E-state index in [-0.39, 0.29) is 18.1 Å². The molecule has 2 amide bonds. The topological polar surface area (TPSA) is 95.5 Å². The predicted molar refractivity (Wildman–Crippen MR) is 69.5 cm³/mol. The summed E-state index contributed by atoms with van der Waals surface area (Å²) in [5.41, 5.74) is 1.54. The third-order valence-electron chi connectivity index (χ3n) is 2.54. The van der Waals surface area contributed by atoms with Gasteiger partial charge in [-0.15, -0.1) is 0 Å². The van der Waals surface area contributed by atoms with Gasteiger partial charge in [0.1, 0.15) is 5.25 Å². The Morgan fingerprint density at radius 3 is 2.33 bits per heavy atom. The van der Waals surface area contributed by atoms with E-state index in [1.807, 2.05) is 13.8 Å². The fourth-order valence-corrected chi connectivity index (χ4v) is 2.76. The van der Waals surface area contributed by atoms with E-state index in [9.17, 15) is 13.8 Å². The molecule has 106 valence electrons. The zero-order valence-electron chi connectivity index (χ0n) is 11.1. The van der Waals surface area contributed by atoms with Crippen molar-refractivity contribution >= 4 is 22.6 Å². The molecule has 0 saturated heterocycles. The van der Waals surface area contributed by atoms with Crippen molar-refractivity contribution < 1.29 is 19.0 Å². The van der Waals surface area contributed by atoms with E-state index < -0.39 is 22.0 Å². The van der Waals surface area contributed by atoms with Crippen LogP contribution >= 0.6 is 0 Å². The molecule has 0 radical (unpaired) electrons. The molecule has 0 fully saturated rings. The Kier molecular flexibility index (Phi) is 8.57. The van der Waals surface area contributed by atoms with Gasteiger partial charge in [0.25, 0.3) is 5.91 Å². The van der Waals surface area contributed by atoms with Crippen LogP contribution in [-0.2, 0) is 20.4 Å². The Bertz CT molecular complexity index is 307. The number of hydroxylamine groups is 1. The van der Waals surface area contributed by atoms with Crippen LogP contribution in [0.15, 0.2) is 0 Å². The van der Waals surface area contributed by atoms with E-state index in [0.29, 0.717) is 12.3 Å². The van der Waals surface area contributed by atoms with Crippen molar-refractivity contribution in [2.45, 2.75) is 38.4 Å². The predicted octanol–water partition coefficient (Wildman–Crippen LogP) is 0.181. The molecular weight excluding hydrogens is 256 g/mol. The van der Waals surface area contributed by atoms with Crippen LogP contribution in [0.5, 0.6) is 0 Å². The molecule has 2 atom stereocenters. The van der Waals surface area contributed by atoms with E-state index in [4.69, 9.17) is 5.21 Å². The third kappa shape index (κ3) is 6.70. The Morgan fingerprint density at radius 1 is 1.28 bits per heavy atom. The Hall–Kier alpha value is -0.950. The first kappa shape index (κ1) is 17.1. The summed E-state index contributed by atoms with van der Waals surface area (Å²) < 4.78 is 11.9. The molecule has 0 bridgehead atoms. The second-order valence-corrected chi connectivity index (χ2v) is 6.18. The molecule has 0 rings (SSSR count). The van der Waals surface area contributed by atoms with Crippen LogP contribution in [0.25, 0.3) is 0 Å². The van der Waals surface area contributed by atoms with Crippen molar-refractivity contribution in [3.05, 3.63) is 0 Å². The molecule has 7 heteroatoms. The summed E-state index contributed by atoms with van der Waals surface area (Å²) in [6, 6.07) is 0. The Labute approximate surface area is 110 Å². The van der Waals surface area contributed by atoms with Crippen LogP contribution in [-0.4, -0.2) is 39.3 Å². The van der Waals surface area contributed by atoms with Crippen LogP contribution in [0.2, 0.25) is 0 Å². The zero-order valence-corrected chi connectivity index (χ0v) is 11.9. The van der Waals surface area contributed by atoms with E-state index in [2.05, 4.69) is 5.32 Å². The highest BCUT2D eigenvalue weighted by Crippen LogP contribution is 2.12. The summed E-state index contributed by atoms with van der Waals surface area (Å²) >= 11 is 0. The lowest BCUT2D eigenvalue weighted by molar-refractivity contribution is -0.128. The van der Waals surface area contributed by atoms with Crippen molar-refractivity contribution in [3.8, 4) is 0 Å². The van der Waals surface area contributed by atoms with Gasteiger partial charge in [-0.2, -0.15) is 0 Å². The molecule has 2 unspecified atom stereocenters. The number of amides is 2. The molecule has 0 saturated carbocycles. The third-order valence-corrected chi connectivity index (χ3v) is 4.23. The lowest BCUT2D eigenvalue weighted by atomic mass is 10.1. The maximum atomic E-state index is 11.9. The van der Waals surface area contributed by atoms with Crippen LogP contribution in [0.4, 0.5) is 0 Å². The van der Waals surface area contributed by atoms with E-state index >= 15 is 0 Å². The van der Waals surface area contributed by atoms with Crippen molar-refractivity contribution in [2.24, 2.45) is 5.92 Å². The fourth-order valence-electron chi connectivity index (χ4n) is 1.40. The first-order chi connectivity index (χ1) is 8.42. The molecule has 0 heterocycles. The minimum absolute atomic E-state index is 0.111. The largest absolute Gasteiger partial charge is 0.359 e. The molecule has 0 aliphatic heterocycles. The monoisotopic (exact) mass is 278 g/mol. The van der Waals surface area contributed by atoms with Gasteiger partial charge in [-0.3, -0.25) is 19.0 Å². The van der Waals surface area contributed by atoms with Gasteiger partial charge in [0, 0.05) is 30.0 Å². The molecular formula is C11H22N2O4S. The van der Waals surface area contributed by atoms with Crippen LogP contribution < -0.4 is 10.8 Å². The molecule has 0 aromatic heterocycles. The fraction of sp³-hybridized carbons (Fsp3) is 0.818. The van der Waals surface area contributed by atoms with E-state index in [0.717, 1.165) is 6.42 Å². The minimum Gasteiger partial charge on any atom is -0.359 e. The maximum Gasteiger partial charge on any atom is 0.259 e. The molecule has 0 aromatic rings. The van der Waals surface area contributed by atoms with Crippen molar-refractivity contribution in [1.82, 2.24) is 10.8 Å². The summed E-state index contributed by atoms with van der Waals surface area (Å²) in [6.07, 6.45) is 1.29. The number of hydrogen-bond acceptors (Lipinski definition) is 4. The SMILES string of the molecule is CNC(=O)CCS(=O)C(CCC(C)C)C(=O)NO. The van der Waals surface area contributed by atoms with E-state index in [1.54, 1.807) is 0 Å². The van der Waals surface area contributed by atoms with Crippen molar-refractivity contribution in [1.29, 1.82) is 0 Å². The molecule has 0 aromatic carbocycles. The molecule has 18 heavy (non-hydrogen) atoms. The molecule has 0 aliphatic rings. The maximum absolute atomic E-state index is 11.9. The van der Waals surface area contributed by atoms with Gasteiger partial charge < -0.3 is 5.32 Å². The zero-order chi connectivity index (χ0) is 14.1. The Balaban J connectivity index is 4.40. The van der Waals surface area contributed by atoms with Gasteiger partial charge >= 0.3 is 0 Å². The van der Waals surface area contributed by atoms with Crippen LogP contribution in [0.1, 0.15) is 33.1 Å². The van der Waals surface area contributed by atoms with E-state index in [1.165, 1.54) is 12.5 Å². The van der Waals surface area contributed by atoms with Gasteiger partial charge in [0.05, 0.1) is 0 Å². The Morgan fingerprint density at radius 2 is 1.89 bits per heavy atom. The molecule has 6 nitrogen and oxygen atoms in total. The molecule has 0 spiro atoms. The summed E-state index contributed by atoms with van der Waals surface area (Å²) in [5, 5.41) is 10.3. The van der Waals surface area contributed by atoms with Gasteiger partial charge in [-0.1, -0.05) is 13.8 Å². The highest BCUT2D eigenvalue weighted by atomic mass is 32.2. The number of nitrogens with one attached hydrogen (secondary N) is 2. The normalized spacial score (nSPS) is 14.1. The summed E-state index contributed by atoms with van der Waals surface area (Å²) in [6.45, 7) is 4.00. The lowest BCUT2D eigenvalue weighted by Crippen LogP contribution is -2.37. The summed E-state index contributed by atoms with van der Waals surface area (Å²) in [7, 11) is 0.0427. The van der Waals surface area contributed by atoms with Crippen molar-refractivity contribution in [3.63, 3.8) is 0 Å². The average molecular weight is 278 g/mol. The van der Waals surface area contributed by atoms with Gasteiger partial charge in [0.2, 0.25) is 5.91 Å². The van der Waals surface area contributed by atoms with Crippen LogP contribution in [0, 0.1) is 5.92 Å². The number of carbonyl (C=O) groups excluding carboxylic acids is 2. The second-order valence-electron chi connectivity index (χ2n) is 4.44. The highest BCUT2D eigenvalue weighted by molar-refractivity contribution is 7.86. The molecule has 3 N–H and O–H groups in total. The van der Waals surface area contributed by atoms with Gasteiger partial charge in [-0.25, -0.2) is 5.48 Å².